The van der Waals surface area contributed by atoms with Gasteiger partial charge in [0.25, 0.3) is 0 Å². The second kappa shape index (κ2) is 7.75. The monoisotopic (exact) mass is 346 g/mol. The summed E-state index contributed by atoms with van der Waals surface area (Å²) in [6.45, 7) is 9.10. The Hall–Kier alpha value is -1.59. The first kappa shape index (κ1) is 18.2. The standard InChI is InChI=1S/C20H30N2O3/c1-4-10-24-13-15-8-6-5-7-14(15)12-21-19(23)22-17-16-9-11-25-18(16)20(17,2)3/h5-8,16-18H,4,9-13H2,1-3H3,(H2,21,22,23)/t16-,17-,18+/m1/s1. The van der Waals surface area contributed by atoms with E-state index in [1.165, 1.54) is 0 Å². The molecule has 0 radical (unpaired) electrons. The average Bonchev–Trinajstić information content (AvgIpc) is 3.06. The number of carbonyl (C=O) groups excluding carboxylic acids is 1. The first-order valence-electron chi connectivity index (χ1n) is 9.34. The molecule has 2 aliphatic rings. The summed E-state index contributed by atoms with van der Waals surface area (Å²) < 4.78 is 11.4. The predicted octanol–water partition coefficient (Wildman–Crippen LogP) is 3.23. The van der Waals surface area contributed by atoms with Gasteiger partial charge < -0.3 is 20.1 Å². The van der Waals surface area contributed by atoms with Gasteiger partial charge >= 0.3 is 6.03 Å². The van der Waals surface area contributed by atoms with Gasteiger partial charge in [-0.2, -0.15) is 0 Å². The van der Waals surface area contributed by atoms with Crippen LogP contribution in [0.5, 0.6) is 0 Å². The van der Waals surface area contributed by atoms with Crippen LogP contribution in [0.4, 0.5) is 4.79 Å². The van der Waals surface area contributed by atoms with Crippen molar-refractivity contribution in [1.29, 1.82) is 0 Å². The molecule has 0 aromatic heterocycles. The van der Waals surface area contributed by atoms with Crippen molar-refractivity contribution in [2.24, 2.45) is 11.3 Å². The van der Waals surface area contributed by atoms with Crippen LogP contribution >= 0.6 is 0 Å². The van der Waals surface area contributed by atoms with Crippen molar-refractivity contribution >= 4 is 6.03 Å². The predicted molar refractivity (Wildman–Crippen MR) is 97.2 cm³/mol. The van der Waals surface area contributed by atoms with E-state index in [-0.39, 0.29) is 23.6 Å². The number of amides is 2. The summed E-state index contributed by atoms with van der Waals surface area (Å²) in [5.41, 5.74) is 2.23. The number of benzene rings is 1. The zero-order valence-electron chi connectivity index (χ0n) is 15.5. The van der Waals surface area contributed by atoms with Gasteiger partial charge in [0.1, 0.15) is 0 Å². The molecule has 2 N–H and O–H groups in total. The highest BCUT2D eigenvalue weighted by atomic mass is 16.5. The van der Waals surface area contributed by atoms with E-state index in [0.717, 1.165) is 37.2 Å². The molecule has 25 heavy (non-hydrogen) atoms. The first-order valence-corrected chi connectivity index (χ1v) is 9.34. The van der Waals surface area contributed by atoms with Crippen molar-refractivity contribution < 1.29 is 14.3 Å². The molecule has 1 aliphatic heterocycles. The maximum absolute atomic E-state index is 12.4. The van der Waals surface area contributed by atoms with Crippen LogP contribution in [0.3, 0.4) is 0 Å². The summed E-state index contributed by atoms with van der Waals surface area (Å²) in [6, 6.07) is 8.17. The van der Waals surface area contributed by atoms with E-state index in [9.17, 15) is 4.79 Å². The van der Waals surface area contributed by atoms with Crippen LogP contribution in [0.25, 0.3) is 0 Å². The van der Waals surface area contributed by atoms with Gasteiger partial charge in [-0.05, 0) is 24.0 Å². The van der Waals surface area contributed by atoms with Crippen LogP contribution in [0.15, 0.2) is 24.3 Å². The third-order valence-electron chi connectivity index (χ3n) is 5.55. The summed E-state index contributed by atoms with van der Waals surface area (Å²) in [7, 11) is 0. The number of hydrogen-bond acceptors (Lipinski definition) is 3. The number of nitrogens with one attached hydrogen (secondary N) is 2. The third kappa shape index (κ3) is 3.82. The summed E-state index contributed by atoms with van der Waals surface area (Å²) >= 11 is 0. The second-order valence-corrected chi connectivity index (χ2v) is 7.69. The number of urea groups is 1. The van der Waals surface area contributed by atoms with Gasteiger partial charge in [-0.15, -0.1) is 0 Å². The smallest absolute Gasteiger partial charge is 0.315 e. The van der Waals surface area contributed by atoms with E-state index >= 15 is 0 Å². The molecular weight excluding hydrogens is 316 g/mol. The van der Waals surface area contributed by atoms with E-state index in [1.54, 1.807) is 0 Å². The lowest BCUT2D eigenvalue weighted by Crippen LogP contribution is -2.67. The molecule has 1 aliphatic carbocycles. The van der Waals surface area contributed by atoms with Crippen LogP contribution in [-0.2, 0) is 22.6 Å². The van der Waals surface area contributed by atoms with Crippen LogP contribution < -0.4 is 10.6 Å². The molecule has 3 rings (SSSR count). The largest absolute Gasteiger partial charge is 0.377 e. The Labute approximate surface area is 150 Å². The van der Waals surface area contributed by atoms with E-state index in [0.29, 0.717) is 19.1 Å². The lowest BCUT2D eigenvalue weighted by molar-refractivity contribution is -0.108. The van der Waals surface area contributed by atoms with Crippen molar-refractivity contribution in [2.45, 2.75) is 58.9 Å². The van der Waals surface area contributed by atoms with E-state index < -0.39 is 0 Å². The van der Waals surface area contributed by atoms with Gasteiger partial charge in [0, 0.05) is 37.1 Å². The maximum Gasteiger partial charge on any atom is 0.315 e. The summed E-state index contributed by atoms with van der Waals surface area (Å²) in [6.07, 6.45) is 2.33. The average molecular weight is 346 g/mol. The third-order valence-corrected chi connectivity index (χ3v) is 5.55. The summed E-state index contributed by atoms with van der Waals surface area (Å²) in [4.78, 5) is 12.4. The highest BCUT2D eigenvalue weighted by Crippen LogP contribution is 2.52. The highest BCUT2D eigenvalue weighted by molar-refractivity contribution is 5.74. The van der Waals surface area contributed by atoms with Crippen LogP contribution in [0.2, 0.25) is 0 Å². The number of ether oxygens (including phenoxy) is 2. The minimum atomic E-state index is -0.104. The summed E-state index contributed by atoms with van der Waals surface area (Å²) in [5, 5.41) is 6.16. The Morgan fingerprint density at radius 3 is 2.84 bits per heavy atom. The number of rotatable bonds is 7. The Morgan fingerprint density at radius 1 is 1.32 bits per heavy atom. The molecule has 5 nitrogen and oxygen atoms in total. The summed E-state index contributed by atoms with van der Waals surface area (Å²) in [5.74, 6) is 0.454. The fourth-order valence-electron chi connectivity index (χ4n) is 4.18. The van der Waals surface area contributed by atoms with Crippen LogP contribution in [0.1, 0.15) is 44.7 Å². The fraction of sp³-hybridized carbons (Fsp3) is 0.650. The molecule has 1 heterocycles. The minimum Gasteiger partial charge on any atom is -0.377 e. The molecule has 2 fully saturated rings. The molecule has 5 heteroatoms. The van der Waals surface area contributed by atoms with Gasteiger partial charge in [-0.25, -0.2) is 4.79 Å². The van der Waals surface area contributed by atoms with E-state index in [1.807, 2.05) is 18.2 Å². The normalized spacial score (nSPS) is 26.6. The molecule has 1 aromatic rings. The molecule has 0 bridgehead atoms. The first-order chi connectivity index (χ1) is 12.0. The Kier molecular flexibility index (Phi) is 5.64. The van der Waals surface area contributed by atoms with Crippen molar-refractivity contribution in [3.8, 4) is 0 Å². The zero-order chi connectivity index (χ0) is 17.9. The highest BCUT2D eigenvalue weighted by Gasteiger charge is 2.59. The maximum atomic E-state index is 12.4. The number of fused-ring (bicyclic) bond motifs is 1. The Bertz CT molecular complexity index is 602. The molecule has 0 unspecified atom stereocenters. The van der Waals surface area contributed by atoms with Crippen LogP contribution in [-0.4, -0.2) is 31.4 Å². The van der Waals surface area contributed by atoms with E-state index in [2.05, 4.69) is 37.5 Å². The van der Waals surface area contributed by atoms with Gasteiger partial charge in [0.2, 0.25) is 0 Å². The SMILES string of the molecule is CCCOCc1ccccc1CNC(=O)N[C@@H]1[C@H]2CCO[C@@H]2C1(C)C. The Balaban J connectivity index is 1.51. The van der Waals surface area contributed by atoms with Gasteiger partial charge in [-0.3, -0.25) is 0 Å². The quantitative estimate of drug-likeness (QED) is 0.745. The van der Waals surface area contributed by atoms with Crippen LogP contribution in [0, 0.1) is 11.3 Å². The number of hydrogen-bond donors (Lipinski definition) is 2. The van der Waals surface area contributed by atoms with Gasteiger partial charge in [-0.1, -0.05) is 45.0 Å². The van der Waals surface area contributed by atoms with Crippen molar-refractivity contribution in [1.82, 2.24) is 10.6 Å². The lowest BCUT2D eigenvalue weighted by atomic mass is 9.57. The minimum absolute atomic E-state index is 0.00437. The molecule has 1 saturated carbocycles. The molecule has 0 spiro atoms. The fourth-order valence-corrected chi connectivity index (χ4v) is 4.18. The molecule has 1 aromatic carbocycles. The second-order valence-electron chi connectivity index (χ2n) is 7.69. The lowest BCUT2D eigenvalue weighted by Gasteiger charge is -2.54. The molecule has 3 atom stereocenters. The molecule has 138 valence electrons. The Morgan fingerprint density at radius 2 is 2.08 bits per heavy atom. The molecule has 2 amide bonds. The van der Waals surface area contributed by atoms with Crippen molar-refractivity contribution in [2.75, 3.05) is 13.2 Å². The molecular formula is C20H30N2O3. The zero-order valence-corrected chi connectivity index (χ0v) is 15.5. The van der Waals surface area contributed by atoms with Crippen molar-refractivity contribution in [3.05, 3.63) is 35.4 Å². The van der Waals surface area contributed by atoms with E-state index in [4.69, 9.17) is 9.47 Å². The van der Waals surface area contributed by atoms with Crippen molar-refractivity contribution in [3.63, 3.8) is 0 Å². The molecule has 1 saturated heterocycles. The van der Waals surface area contributed by atoms with Gasteiger partial charge in [0.15, 0.2) is 0 Å². The number of carbonyl (C=O) groups is 1. The topological polar surface area (TPSA) is 59.6 Å². The van der Waals surface area contributed by atoms with Gasteiger partial charge in [0.05, 0.1) is 12.7 Å².